The Bertz CT molecular complexity index is 888. The molecular weight excluding hydrogens is 286 g/mol. The fourth-order valence-corrected chi connectivity index (χ4v) is 3.03. The van der Waals surface area contributed by atoms with Gasteiger partial charge < -0.3 is 4.40 Å². The summed E-state index contributed by atoms with van der Waals surface area (Å²) in [6.45, 7) is 1.97. The lowest BCUT2D eigenvalue weighted by atomic mass is 10.0. The van der Waals surface area contributed by atoms with Crippen molar-refractivity contribution in [2.75, 3.05) is 0 Å². The summed E-state index contributed by atoms with van der Waals surface area (Å²) >= 11 is 0. The molecule has 0 atom stereocenters. The molecule has 0 unspecified atom stereocenters. The first-order valence-corrected chi connectivity index (χ1v) is 7.60. The molecule has 0 amide bonds. The van der Waals surface area contributed by atoms with E-state index in [0.717, 1.165) is 29.6 Å². The largest absolute Gasteiger partial charge is 0.320 e. The van der Waals surface area contributed by atoms with E-state index in [1.807, 2.05) is 49.5 Å². The highest BCUT2D eigenvalue weighted by Gasteiger charge is 2.19. The van der Waals surface area contributed by atoms with E-state index in [1.54, 1.807) is 12.4 Å². The molecule has 0 aliphatic heterocycles. The van der Waals surface area contributed by atoms with E-state index in [9.17, 15) is 4.79 Å². The van der Waals surface area contributed by atoms with Gasteiger partial charge in [-0.3, -0.25) is 9.78 Å². The Morgan fingerprint density at radius 1 is 1.22 bits per heavy atom. The number of pyridine rings is 2. The first-order chi connectivity index (χ1) is 11.2. The number of nitriles is 1. The van der Waals surface area contributed by atoms with Gasteiger partial charge >= 0.3 is 0 Å². The molecule has 0 bridgehead atoms. The lowest BCUT2D eigenvalue weighted by Crippen LogP contribution is -2.00. The smallest absolute Gasteiger partial charge is 0.179 e. The summed E-state index contributed by atoms with van der Waals surface area (Å²) in [5, 5.41) is 8.84. The molecule has 0 aromatic carbocycles. The highest BCUT2D eigenvalue weighted by atomic mass is 16.1. The second-order valence-corrected chi connectivity index (χ2v) is 5.52. The van der Waals surface area contributed by atoms with E-state index in [0.29, 0.717) is 5.56 Å². The molecule has 0 saturated heterocycles. The van der Waals surface area contributed by atoms with Gasteiger partial charge in [-0.1, -0.05) is 6.07 Å². The summed E-state index contributed by atoms with van der Waals surface area (Å²) < 4.78 is 2.07. The maximum absolute atomic E-state index is 12.3. The van der Waals surface area contributed by atoms with Gasteiger partial charge in [0.15, 0.2) is 5.78 Å². The van der Waals surface area contributed by atoms with Crippen molar-refractivity contribution in [2.24, 2.45) is 0 Å². The van der Waals surface area contributed by atoms with E-state index < -0.39 is 0 Å². The van der Waals surface area contributed by atoms with E-state index in [4.69, 9.17) is 5.26 Å². The predicted molar refractivity (Wildman–Crippen MR) is 88.3 cm³/mol. The van der Waals surface area contributed by atoms with E-state index in [2.05, 4.69) is 9.38 Å². The third-order valence-electron chi connectivity index (χ3n) is 4.13. The summed E-state index contributed by atoms with van der Waals surface area (Å²) in [7, 11) is 0. The number of carbonyl (C=O) groups is 1. The molecule has 0 saturated carbocycles. The molecule has 3 aromatic rings. The summed E-state index contributed by atoms with van der Waals surface area (Å²) in [5.41, 5.74) is 4.88. The summed E-state index contributed by atoms with van der Waals surface area (Å²) in [5.74, 6) is -0.108. The lowest BCUT2D eigenvalue weighted by Gasteiger charge is -2.04. The van der Waals surface area contributed by atoms with Crippen LogP contribution in [-0.4, -0.2) is 15.2 Å². The monoisotopic (exact) mass is 303 g/mol. The van der Waals surface area contributed by atoms with Gasteiger partial charge in [-0.15, -0.1) is 0 Å². The molecule has 4 heteroatoms. The number of hydrogen-bond acceptors (Lipinski definition) is 3. The van der Waals surface area contributed by atoms with Crippen molar-refractivity contribution in [2.45, 2.75) is 26.2 Å². The van der Waals surface area contributed by atoms with Crippen LogP contribution in [0.3, 0.4) is 0 Å². The zero-order valence-corrected chi connectivity index (χ0v) is 13.0. The Morgan fingerprint density at radius 2 is 2.00 bits per heavy atom. The normalized spacial score (nSPS) is 10.6. The molecular formula is C19H17N3O. The van der Waals surface area contributed by atoms with Crippen LogP contribution in [0, 0.1) is 18.3 Å². The first-order valence-electron chi connectivity index (χ1n) is 7.60. The number of nitrogens with zero attached hydrogens (tertiary/aromatic N) is 3. The number of rotatable bonds is 5. The van der Waals surface area contributed by atoms with Crippen molar-refractivity contribution in [1.82, 2.24) is 9.38 Å². The zero-order valence-electron chi connectivity index (χ0n) is 13.0. The first kappa shape index (κ1) is 15.0. The average Bonchev–Trinajstić information content (AvgIpc) is 2.86. The van der Waals surface area contributed by atoms with Crippen molar-refractivity contribution < 1.29 is 4.79 Å². The maximum Gasteiger partial charge on any atom is 0.179 e. The summed E-state index contributed by atoms with van der Waals surface area (Å²) in [6.07, 6.45) is 7.20. The Labute approximate surface area is 135 Å². The van der Waals surface area contributed by atoms with Crippen LogP contribution in [0.15, 0.2) is 48.9 Å². The average molecular weight is 303 g/mol. The van der Waals surface area contributed by atoms with Crippen molar-refractivity contribution >= 4 is 11.3 Å². The number of hydrogen-bond donors (Lipinski definition) is 0. The number of carbonyl (C=O) groups excluding carboxylic acids is 1. The highest BCUT2D eigenvalue weighted by molar-refractivity contribution is 6.05. The third kappa shape index (κ3) is 2.86. The molecule has 114 valence electrons. The Balaban J connectivity index is 2.02. The number of aromatic nitrogens is 2. The molecule has 0 N–H and O–H groups in total. The van der Waals surface area contributed by atoms with Crippen LogP contribution in [-0.2, 0) is 12.8 Å². The Kier molecular flexibility index (Phi) is 4.20. The van der Waals surface area contributed by atoms with Crippen molar-refractivity contribution in [3.8, 4) is 6.07 Å². The van der Waals surface area contributed by atoms with Crippen LogP contribution in [0.4, 0.5) is 0 Å². The molecule has 0 aliphatic carbocycles. The topological polar surface area (TPSA) is 58.2 Å². The quantitative estimate of drug-likeness (QED) is 0.678. The third-order valence-corrected chi connectivity index (χ3v) is 4.13. The number of fused-ring (bicyclic) bond motifs is 1. The highest BCUT2D eigenvalue weighted by Crippen LogP contribution is 2.25. The fraction of sp³-hybridized carbons (Fsp3) is 0.211. The van der Waals surface area contributed by atoms with Gasteiger partial charge in [-0.25, -0.2) is 0 Å². The van der Waals surface area contributed by atoms with Crippen LogP contribution in [0.2, 0.25) is 0 Å². The molecule has 0 aliphatic rings. The van der Waals surface area contributed by atoms with Crippen LogP contribution in [0.1, 0.15) is 33.6 Å². The number of ketones is 1. The van der Waals surface area contributed by atoms with E-state index in [1.165, 1.54) is 5.56 Å². The van der Waals surface area contributed by atoms with E-state index >= 15 is 0 Å². The maximum atomic E-state index is 12.3. The van der Waals surface area contributed by atoms with Gasteiger partial charge in [0.1, 0.15) is 0 Å². The molecule has 4 nitrogen and oxygen atoms in total. The molecule has 0 radical (unpaired) electrons. The molecule has 0 fully saturated rings. The van der Waals surface area contributed by atoms with Gasteiger partial charge in [0.25, 0.3) is 0 Å². The van der Waals surface area contributed by atoms with Crippen LogP contribution in [0.25, 0.3) is 5.52 Å². The van der Waals surface area contributed by atoms with Gasteiger partial charge in [-0.05, 0) is 55.2 Å². The summed E-state index contributed by atoms with van der Waals surface area (Å²) in [4.78, 5) is 16.4. The van der Waals surface area contributed by atoms with Gasteiger partial charge in [0, 0.05) is 29.8 Å². The second kappa shape index (κ2) is 6.45. The molecule has 3 rings (SSSR count). The Hall–Kier alpha value is -2.93. The second-order valence-electron chi connectivity index (χ2n) is 5.52. The van der Waals surface area contributed by atoms with Crippen LogP contribution in [0.5, 0.6) is 0 Å². The minimum absolute atomic E-state index is 0.0841. The fourth-order valence-electron chi connectivity index (χ4n) is 3.03. The standard InChI is InChI=1S/C19H17N3O/c1-14-16(6-5-15-8-11-21-12-9-15)22-13-3-2-4-17(22)19(14)18(23)7-10-20/h2-4,8-9,11-13H,5-7H2,1H3. The van der Waals surface area contributed by atoms with Gasteiger partial charge in [-0.2, -0.15) is 5.26 Å². The lowest BCUT2D eigenvalue weighted by molar-refractivity contribution is 0.0999. The zero-order chi connectivity index (χ0) is 16.2. The van der Waals surface area contributed by atoms with Gasteiger partial charge in [0.05, 0.1) is 18.0 Å². The molecule has 3 aromatic heterocycles. The molecule has 23 heavy (non-hydrogen) atoms. The molecule has 3 heterocycles. The Morgan fingerprint density at radius 3 is 2.74 bits per heavy atom. The predicted octanol–water partition coefficient (Wildman–Crippen LogP) is 3.52. The van der Waals surface area contributed by atoms with Crippen LogP contribution < -0.4 is 0 Å². The van der Waals surface area contributed by atoms with E-state index in [-0.39, 0.29) is 12.2 Å². The number of Topliss-reactive ketones (excluding diaryl/α,β-unsaturated/α-hetero) is 1. The van der Waals surface area contributed by atoms with Crippen molar-refractivity contribution in [3.05, 3.63) is 71.3 Å². The minimum Gasteiger partial charge on any atom is -0.320 e. The van der Waals surface area contributed by atoms with Gasteiger partial charge in [0.2, 0.25) is 0 Å². The summed E-state index contributed by atoms with van der Waals surface area (Å²) in [6, 6.07) is 11.8. The number of aryl methyl sites for hydroxylation is 2. The SMILES string of the molecule is Cc1c(C(=O)CC#N)c2ccccn2c1CCc1ccncc1. The van der Waals surface area contributed by atoms with Crippen LogP contribution >= 0.6 is 0 Å². The minimum atomic E-state index is -0.108. The molecule has 0 spiro atoms. The van der Waals surface area contributed by atoms with Crippen molar-refractivity contribution in [3.63, 3.8) is 0 Å². The van der Waals surface area contributed by atoms with Crippen molar-refractivity contribution in [1.29, 1.82) is 5.26 Å².